The van der Waals surface area contributed by atoms with Crippen LogP contribution in [-0.2, 0) is 6.42 Å². The van der Waals surface area contributed by atoms with E-state index in [0.717, 1.165) is 29.8 Å². The highest BCUT2D eigenvalue weighted by atomic mass is 79.9. The standard InChI is InChI=1S/C20H20BrClFN3OS/c21-16-5-3-12(10-18(16)23)19-11-24-20(26-19)13-4-6-17(22)14(8-13)9-15(27)2-1-7-25-28/h3-6,8,10-11,15,25,27-28H,1-2,7,9H2,(H,24,26). The number of aliphatic hydroxyl groups excluding tert-OH is 1. The molecule has 1 aromatic heterocycles. The lowest BCUT2D eigenvalue weighted by atomic mass is 10.0. The number of halogens is 3. The number of hydrogen-bond donors (Lipinski definition) is 4. The second kappa shape index (κ2) is 9.89. The molecule has 0 aliphatic heterocycles. The molecule has 148 valence electrons. The highest BCUT2D eigenvalue weighted by molar-refractivity contribution is 9.10. The van der Waals surface area contributed by atoms with Crippen molar-refractivity contribution in [1.29, 1.82) is 0 Å². The molecule has 1 heterocycles. The fourth-order valence-electron chi connectivity index (χ4n) is 2.93. The number of imidazole rings is 1. The molecule has 0 amide bonds. The average Bonchev–Trinajstić information content (AvgIpc) is 3.16. The maximum atomic E-state index is 13.8. The maximum absolute atomic E-state index is 13.8. The van der Waals surface area contributed by atoms with Crippen molar-refractivity contribution >= 4 is 40.3 Å². The smallest absolute Gasteiger partial charge is 0.138 e. The number of aromatic nitrogens is 2. The van der Waals surface area contributed by atoms with Gasteiger partial charge in [-0.15, -0.1) is 0 Å². The Hall–Kier alpha value is -1.38. The molecule has 28 heavy (non-hydrogen) atoms. The second-order valence-electron chi connectivity index (χ2n) is 6.49. The van der Waals surface area contributed by atoms with Crippen molar-refractivity contribution in [3.63, 3.8) is 0 Å². The number of aromatic amines is 1. The van der Waals surface area contributed by atoms with E-state index in [2.05, 4.69) is 43.4 Å². The summed E-state index contributed by atoms with van der Waals surface area (Å²) in [5.74, 6) is 0.328. The van der Waals surface area contributed by atoms with Gasteiger partial charge in [0.2, 0.25) is 0 Å². The summed E-state index contributed by atoms with van der Waals surface area (Å²) in [6.07, 6.45) is 3.14. The number of nitrogens with zero attached hydrogens (tertiary/aromatic N) is 1. The average molecular weight is 485 g/mol. The summed E-state index contributed by atoms with van der Waals surface area (Å²) in [6, 6.07) is 10.5. The van der Waals surface area contributed by atoms with Gasteiger partial charge in [0.15, 0.2) is 0 Å². The van der Waals surface area contributed by atoms with Crippen LogP contribution >= 0.6 is 40.3 Å². The fraction of sp³-hybridized carbons (Fsp3) is 0.250. The molecule has 0 saturated heterocycles. The van der Waals surface area contributed by atoms with Gasteiger partial charge in [-0.3, -0.25) is 4.72 Å². The van der Waals surface area contributed by atoms with Crippen LogP contribution in [0.25, 0.3) is 22.6 Å². The summed E-state index contributed by atoms with van der Waals surface area (Å²) < 4.78 is 17.0. The summed E-state index contributed by atoms with van der Waals surface area (Å²) in [6.45, 7) is 0.736. The molecule has 0 fully saturated rings. The monoisotopic (exact) mass is 483 g/mol. The van der Waals surface area contributed by atoms with Gasteiger partial charge in [0.05, 0.1) is 22.5 Å². The molecule has 0 radical (unpaired) electrons. The zero-order chi connectivity index (χ0) is 20.1. The molecular weight excluding hydrogens is 465 g/mol. The summed E-state index contributed by atoms with van der Waals surface area (Å²) in [7, 11) is 0. The van der Waals surface area contributed by atoms with Gasteiger partial charge in [-0.1, -0.05) is 30.5 Å². The van der Waals surface area contributed by atoms with Crippen molar-refractivity contribution < 1.29 is 9.50 Å². The van der Waals surface area contributed by atoms with Crippen LogP contribution < -0.4 is 4.72 Å². The lowest BCUT2D eigenvalue weighted by Crippen LogP contribution is -2.13. The molecule has 3 rings (SSSR count). The normalized spacial score (nSPS) is 12.3. The molecule has 3 N–H and O–H groups in total. The van der Waals surface area contributed by atoms with Crippen LogP contribution in [0.1, 0.15) is 18.4 Å². The first kappa shape index (κ1) is 21.3. The number of benzene rings is 2. The van der Waals surface area contributed by atoms with Crippen LogP contribution in [-0.4, -0.2) is 27.7 Å². The number of hydrogen-bond acceptors (Lipinski definition) is 4. The quantitative estimate of drug-likeness (QED) is 0.255. The Bertz CT molecular complexity index is 953. The zero-order valence-corrected chi connectivity index (χ0v) is 18.2. The van der Waals surface area contributed by atoms with E-state index in [1.807, 2.05) is 18.2 Å². The predicted molar refractivity (Wildman–Crippen MR) is 118 cm³/mol. The Labute approximate surface area is 182 Å². The Balaban J connectivity index is 1.79. The van der Waals surface area contributed by atoms with Crippen molar-refractivity contribution in [3.05, 3.63) is 63.5 Å². The zero-order valence-electron chi connectivity index (χ0n) is 14.9. The SMILES string of the molecule is OC(CCCNS)Cc1cc(-c2ncc(-c3ccc(Br)c(F)c3)[nH]2)ccc1Cl. The van der Waals surface area contributed by atoms with Crippen molar-refractivity contribution in [2.24, 2.45) is 0 Å². The number of nitrogens with one attached hydrogen (secondary N) is 2. The van der Waals surface area contributed by atoms with Crippen molar-refractivity contribution in [1.82, 2.24) is 14.7 Å². The van der Waals surface area contributed by atoms with Gasteiger partial charge in [0.1, 0.15) is 11.6 Å². The van der Waals surface area contributed by atoms with Crippen molar-refractivity contribution in [2.75, 3.05) is 6.54 Å². The van der Waals surface area contributed by atoms with Crippen LogP contribution in [0.4, 0.5) is 4.39 Å². The van der Waals surface area contributed by atoms with Crippen molar-refractivity contribution in [3.8, 4) is 22.6 Å². The highest BCUT2D eigenvalue weighted by Gasteiger charge is 2.12. The van der Waals surface area contributed by atoms with E-state index in [1.54, 1.807) is 18.3 Å². The second-order valence-corrected chi connectivity index (χ2v) is 8.07. The van der Waals surface area contributed by atoms with Crippen LogP contribution in [0.2, 0.25) is 5.02 Å². The summed E-state index contributed by atoms with van der Waals surface area (Å²) in [4.78, 5) is 7.63. The number of aliphatic hydroxyl groups is 1. The lowest BCUT2D eigenvalue weighted by Gasteiger charge is -2.12. The summed E-state index contributed by atoms with van der Waals surface area (Å²) in [5.41, 5.74) is 3.14. The third-order valence-corrected chi connectivity index (χ3v) is 5.64. The van der Waals surface area contributed by atoms with Crippen LogP contribution in [0, 0.1) is 5.82 Å². The third-order valence-electron chi connectivity index (χ3n) is 4.41. The van der Waals surface area contributed by atoms with Gasteiger partial charge >= 0.3 is 0 Å². The van der Waals surface area contributed by atoms with Gasteiger partial charge in [0, 0.05) is 22.7 Å². The third kappa shape index (κ3) is 5.36. The number of H-pyrrole nitrogens is 1. The molecule has 8 heteroatoms. The molecule has 0 bridgehead atoms. The summed E-state index contributed by atoms with van der Waals surface area (Å²) in [5, 5.41) is 10.9. The number of rotatable bonds is 8. The molecule has 4 nitrogen and oxygen atoms in total. The largest absolute Gasteiger partial charge is 0.393 e. The van der Waals surface area contributed by atoms with E-state index in [-0.39, 0.29) is 5.82 Å². The van der Waals surface area contributed by atoms with Gasteiger partial charge in [0.25, 0.3) is 0 Å². The molecule has 0 aliphatic carbocycles. The molecule has 0 aliphatic rings. The maximum Gasteiger partial charge on any atom is 0.138 e. The molecule has 2 aromatic carbocycles. The van der Waals surface area contributed by atoms with E-state index >= 15 is 0 Å². The van der Waals surface area contributed by atoms with E-state index < -0.39 is 6.10 Å². The molecule has 3 aromatic rings. The Morgan fingerprint density at radius 3 is 2.79 bits per heavy atom. The minimum absolute atomic E-state index is 0.329. The minimum atomic E-state index is -0.479. The van der Waals surface area contributed by atoms with E-state index in [0.29, 0.717) is 33.7 Å². The van der Waals surface area contributed by atoms with Crippen LogP contribution in [0.5, 0.6) is 0 Å². The first-order valence-corrected chi connectivity index (χ1v) is 10.4. The molecule has 0 spiro atoms. The Kier molecular flexibility index (Phi) is 7.54. The fourth-order valence-corrected chi connectivity index (χ4v) is 3.53. The van der Waals surface area contributed by atoms with Crippen LogP contribution in [0.3, 0.4) is 0 Å². The molecule has 1 unspecified atom stereocenters. The first-order valence-electron chi connectivity index (χ1n) is 8.82. The first-order chi connectivity index (χ1) is 13.5. The van der Waals surface area contributed by atoms with Gasteiger partial charge in [-0.25, -0.2) is 9.37 Å². The van der Waals surface area contributed by atoms with Gasteiger partial charge in [-0.05, 0) is 71.1 Å². The Morgan fingerprint density at radius 1 is 1.25 bits per heavy atom. The topological polar surface area (TPSA) is 60.9 Å². The van der Waals surface area contributed by atoms with E-state index in [9.17, 15) is 9.50 Å². The molecule has 0 saturated carbocycles. The predicted octanol–water partition coefficient (Wildman–Crippen LogP) is 5.42. The van der Waals surface area contributed by atoms with Crippen LogP contribution in [0.15, 0.2) is 47.1 Å². The molecular formula is C20H20BrClFN3OS. The Morgan fingerprint density at radius 2 is 2.04 bits per heavy atom. The van der Waals surface area contributed by atoms with Gasteiger partial charge in [-0.2, -0.15) is 0 Å². The van der Waals surface area contributed by atoms with E-state index in [4.69, 9.17) is 11.6 Å². The van der Waals surface area contributed by atoms with Gasteiger partial charge < -0.3 is 10.1 Å². The highest BCUT2D eigenvalue weighted by Crippen LogP contribution is 2.28. The summed E-state index contributed by atoms with van der Waals surface area (Å²) >= 11 is 13.4. The number of thiol groups is 1. The van der Waals surface area contributed by atoms with Crippen molar-refractivity contribution in [2.45, 2.75) is 25.4 Å². The van der Waals surface area contributed by atoms with E-state index in [1.165, 1.54) is 6.07 Å². The minimum Gasteiger partial charge on any atom is -0.393 e. The lowest BCUT2D eigenvalue weighted by molar-refractivity contribution is 0.162. The molecule has 1 atom stereocenters.